The second kappa shape index (κ2) is 4.65. The van der Waals surface area contributed by atoms with E-state index in [2.05, 4.69) is 6.07 Å². The molecule has 1 radical (unpaired) electrons. The fourth-order valence-electron chi connectivity index (χ4n) is 1.35. The SMILES string of the molecule is CCN(c1cc[c]cc1)C(C)C=O. The molecule has 13 heavy (non-hydrogen) atoms. The average Bonchev–Trinajstić information content (AvgIpc) is 2.20. The lowest BCUT2D eigenvalue weighted by Gasteiger charge is -2.26. The van der Waals surface area contributed by atoms with Gasteiger partial charge in [-0.05, 0) is 32.0 Å². The fourth-order valence-corrected chi connectivity index (χ4v) is 1.35. The van der Waals surface area contributed by atoms with Crippen molar-refractivity contribution in [2.24, 2.45) is 0 Å². The van der Waals surface area contributed by atoms with Gasteiger partial charge >= 0.3 is 0 Å². The second-order valence-electron chi connectivity index (χ2n) is 2.92. The normalized spacial score (nSPS) is 12.2. The Morgan fingerprint density at radius 3 is 2.62 bits per heavy atom. The van der Waals surface area contributed by atoms with Crippen molar-refractivity contribution >= 4 is 12.0 Å². The van der Waals surface area contributed by atoms with Crippen LogP contribution in [0.25, 0.3) is 0 Å². The minimum atomic E-state index is -0.0626. The molecule has 0 bridgehead atoms. The molecule has 0 saturated carbocycles. The third-order valence-electron chi connectivity index (χ3n) is 2.06. The molecule has 0 aliphatic heterocycles. The molecule has 0 aliphatic rings. The Balaban J connectivity index is 2.84. The van der Waals surface area contributed by atoms with Gasteiger partial charge in [-0.3, -0.25) is 0 Å². The first-order valence-corrected chi connectivity index (χ1v) is 4.47. The van der Waals surface area contributed by atoms with Crippen LogP contribution in [0.2, 0.25) is 0 Å². The molecule has 1 unspecified atom stereocenters. The Hall–Kier alpha value is -1.31. The third kappa shape index (κ3) is 2.31. The van der Waals surface area contributed by atoms with Gasteiger partial charge in [-0.15, -0.1) is 0 Å². The number of anilines is 1. The van der Waals surface area contributed by atoms with Gasteiger partial charge in [0.15, 0.2) is 0 Å². The highest BCUT2D eigenvalue weighted by molar-refractivity contribution is 5.65. The minimum absolute atomic E-state index is 0.0626. The van der Waals surface area contributed by atoms with Crippen LogP contribution in [0.3, 0.4) is 0 Å². The van der Waals surface area contributed by atoms with E-state index in [1.165, 1.54) is 0 Å². The van der Waals surface area contributed by atoms with E-state index in [1.807, 2.05) is 43.0 Å². The van der Waals surface area contributed by atoms with E-state index < -0.39 is 0 Å². The standard InChI is InChI=1S/C11H14NO/c1-3-12(10(2)9-13)11-7-5-4-6-8-11/h5-10H,3H2,1-2H3. The van der Waals surface area contributed by atoms with Crippen LogP contribution < -0.4 is 4.90 Å². The highest BCUT2D eigenvalue weighted by atomic mass is 16.1. The van der Waals surface area contributed by atoms with Crippen LogP contribution in [0.1, 0.15) is 13.8 Å². The Morgan fingerprint density at radius 1 is 1.54 bits per heavy atom. The molecular formula is C11H14NO. The number of rotatable bonds is 4. The van der Waals surface area contributed by atoms with Crippen molar-refractivity contribution in [3.63, 3.8) is 0 Å². The van der Waals surface area contributed by atoms with Crippen LogP contribution in [0.15, 0.2) is 24.3 Å². The second-order valence-corrected chi connectivity index (χ2v) is 2.92. The van der Waals surface area contributed by atoms with Gasteiger partial charge in [-0.1, -0.05) is 12.1 Å². The minimum Gasteiger partial charge on any atom is -0.362 e. The number of nitrogens with zero attached hydrogens (tertiary/aromatic N) is 1. The number of likely N-dealkylation sites (N-methyl/N-ethyl adjacent to an activating group) is 1. The smallest absolute Gasteiger partial charge is 0.142 e. The van der Waals surface area contributed by atoms with Gasteiger partial charge in [0.1, 0.15) is 6.29 Å². The quantitative estimate of drug-likeness (QED) is 0.653. The maximum absolute atomic E-state index is 10.6. The van der Waals surface area contributed by atoms with E-state index in [1.54, 1.807) is 0 Å². The van der Waals surface area contributed by atoms with Gasteiger partial charge in [0.05, 0.1) is 6.04 Å². The predicted molar refractivity (Wildman–Crippen MR) is 53.8 cm³/mol. The molecule has 0 saturated heterocycles. The summed E-state index contributed by atoms with van der Waals surface area (Å²) in [4.78, 5) is 12.7. The summed E-state index contributed by atoms with van der Waals surface area (Å²) in [7, 11) is 0. The summed E-state index contributed by atoms with van der Waals surface area (Å²) in [6, 6.07) is 10.5. The predicted octanol–water partition coefficient (Wildman–Crippen LogP) is 1.90. The van der Waals surface area contributed by atoms with Crippen molar-refractivity contribution in [3.8, 4) is 0 Å². The van der Waals surface area contributed by atoms with Crippen molar-refractivity contribution in [1.29, 1.82) is 0 Å². The highest BCUT2D eigenvalue weighted by Gasteiger charge is 2.10. The molecule has 1 aromatic rings. The van der Waals surface area contributed by atoms with Crippen LogP contribution in [-0.2, 0) is 4.79 Å². The zero-order valence-corrected chi connectivity index (χ0v) is 8.03. The van der Waals surface area contributed by atoms with Crippen molar-refractivity contribution in [3.05, 3.63) is 30.3 Å². The lowest BCUT2D eigenvalue weighted by molar-refractivity contribution is -0.108. The van der Waals surface area contributed by atoms with Gasteiger partial charge in [0.2, 0.25) is 0 Å². The molecule has 2 heteroatoms. The average molecular weight is 176 g/mol. The van der Waals surface area contributed by atoms with E-state index in [4.69, 9.17) is 0 Å². The van der Waals surface area contributed by atoms with Crippen LogP contribution in [0, 0.1) is 6.07 Å². The summed E-state index contributed by atoms with van der Waals surface area (Å²) in [6.07, 6.45) is 0.959. The van der Waals surface area contributed by atoms with E-state index in [-0.39, 0.29) is 6.04 Å². The Bertz CT molecular complexity index is 258. The van der Waals surface area contributed by atoms with Gasteiger partial charge < -0.3 is 9.69 Å². The van der Waals surface area contributed by atoms with E-state index >= 15 is 0 Å². The first kappa shape index (κ1) is 9.78. The maximum Gasteiger partial charge on any atom is 0.142 e. The van der Waals surface area contributed by atoms with Crippen molar-refractivity contribution in [2.75, 3.05) is 11.4 Å². The molecule has 1 aromatic carbocycles. The molecule has 0 amide bonds. The number of benzene rings is 1. The highest BCUT2D eigenvalue weighted by Crippen LogP contribution is 2.14. The zero-order chi connectivity index (χ0) is 9.68. The van der Waals surface area contributed by atoms with E-state index in [9.17, 15) is 4.79 Å². The summed E-state index contributed by atoms with van der Waals surface area (Å²) in [5, 5.41) is 0. The largest absolute Gasteiger partial charge is 0.362 e. The summed E-state index contributed by atoms with van der Waals surface area (Å²) < 4.78 is 0. The molecule has 1 atom stereocenters. The molecule has 1 rings (SSSR count). The lowest BCUT2D eigenvalue weighted by atomic mass is 10.2. The molecule has 0 spiro atoms. The number of carbonyl (C=O) groups excluding carboxylic acids is 1. The molecule has 0 fully saturated rings. The summed E-state index contributed by atoms with van der Waals surface area (Å²) >= 11 is 0. The molecule has 2 nitrogen and oxygen atoms in total. The van der Waals surface area contributed by atoms with Gasteiger partial charge in [-0.2, -0.15) is 0 Å². The number of carbonyl (C=O) groups is 1. The van der Waals surface area contributed by atoms with Crippen LogP contribution in [0.4, 0.5) is 5.69 Å². The van der Waals surface area contributed by atoms with E-state index in [0.717, 1.165) is 18.5 Å². The molecule has 0 aromatic heterocycles. The zero-order valence-electron chi connectivity index (χ0n) is 8.03. The maximum atomic E-state index is 10.6. The first-order valence-electron chi connectivity index (χ1n) is 4.47. The number of hydrogen-bond donors (Lipinski definition) is 0. The first-order chi connectivity index (χ1) is 6.29. The van der Waals surface area contributed by atoms with Crippen molar-refractivity contribution in [1.82, 2.24) is 0 Å². The summed E-state index contributed by atoms with van der Waals surface area (Å²) in [6.45, 7) is 4.77. The van der Waals surface area contributed by atoms with Crippen molar-refractivity contribution in [2.45, 2.75) is 19.9 Å². The van der Waals surface area contributed by atoms with Gasteiger partial charge in [0.25, 0.3) is 0 Å². The number of hydrogen-bond acceptors (Lipinski definition) is 2. The molecule has 69 valence electrons. The van der Waals surface area contributed by atoms with Crippen molar-refractivity contribution < 1.29 is 4.79 Å². The summed E-state index contributed by atoms with van der Waals surface area (Å²) in [5.74, 6) is 0. The fraction of sp³-hybridized carbons (Fsp3) is 0.364. The lowest BCUT2D eigenvalue weighted by Crippen LogP contribution is -2.33. The Morgan fingerprint density at radius 2 is 2.15 bits per heavy atom. The molecule has 0 aliphatic carbocycles. The molecule has 0 heterocycles. The third-order valence-corrected chi connectivity index (χ3v) is 2.06. The Labute approximate surface area is 79.2 Å². The van der Waals surface area contributed by atoms with Crippen LogP contribution in [-0.4, -0.2) is 18.9 Å². The van der Waals surface area contributed by atoms with Crippen LogP contribution in [0.5, 0.6) is 0 Å². The van der Waals surface area contributed by atoms with Gasteiger partial charge in [0, 0.05) is 12.2 Å². The van der Waals surface area contributed by atoms with Crippen LogP contribution >= 0.6 is 0 Å². The van der Waals surface area contributed by atoms with E-state index in [0.29, 0.717) is 0 Å². The molecular weight excluding hydrogens is 162 g/mol. The van der Waals surface area contributed by atoms with Gasteiger partial charge in [-0.25, -0.2) is 0 Å². The Kier molecular flexibility index (Phi) is 3.50. The number of aldehydes is 1. The molecule has 0 N–H and O–H groups in total. The summed E-state index contributed by atoms with van der Waals surface area (Å²) in [5.41, 5.74) is 1.07. The monoisotopic (exact) mass is 176 g/mol. The topological polar surface area (TPSA) is 20.3 Å².